The average Bonchev–Trinajstić information content (AvgIpc) is 2.58. The molecule has 0 saturated carbocycles. The Kier molecular flexibility index (Phi) is 1.69. The van der Waals surface area contributed by atoms with Gasteiger partial charge in [0, 0.05) is 13.2 Å². The van der Waals surface area contributed by atoms with Gasteiger partial charge in [-0.3, -0.25) is 0 Å². The lowest BCUT2D eigenvalue weighted by molar-refractivity contribution is 0.425. The van der Waals surface area contributed by atoms with E-state index in [1.165, 1.54) is 0 Å². The van der Waals surface area contributed by atoms with E-state index in [0.717, 1.165) is 0 Å². The van der Waals surface area contributed by atoms with E-state index in [-0.39, 0.29) is 0 Å². The highest BCUT2D eigenvalue weighted by atomic mass is 79.9. The van der Waals surface area contributed by atoms with Crippen LogP contribution in [-0.4, -0.2) is 19.7 Å². The number of hydrogen-bond donors (Lipinski definition) is 0. The van der Waals surface area contributed by atoms with Crippen LogP contribution in [0, 0.1) is 0 Å². The maximum atomic E-state index is 4.88. The Morgan fingerprint density at radius 2 is 2.42 bits per heavy atom. The molecule has 2 heterocycles. The Balaban J connectivity index is 2.43. The van der Waals surface area contributed by atoms with E-state index in [0.29, 0.717) is 16.3 Å². The molecule has 0 amide bonds. The Labute approximate surface area is 76.5 Å². The van der Waals surface area contributed by atoms with Gasteiger partial charge in [0.2, 0.25) is 4.73 Å². The molecule has 0 fully saturated rings. The summed E-state index contributed by atoms with van der Waals surface area (Å²) in [5.41, 5.74) is 0.677. The van der Waals surface area contributed by atoms with Gasteiger partial charge < -0.3 is 9.09 Å². The smallest absolute Gasteiger partial charge is 0.278 e. The van der Waals surface area contributed by atoms with Crippen LogP contribution in [0.1, 0.15) is 0 Å². The summed E-state index contributed by atoms with van der Waals surface area (Å²) in [5.74, 6) is 0.419. The van der Waals surface area contributed by atoms with Crippen molar-refractivity contribution in [1.29, 1.82) is 0 Å². The van der Waals surface area contributed by atoms with Crippen molar-refractivity contribution in [3.8, 4) is 11.6 Å². The predicted octanol–water partition coefficient (Wildman–Crippen LogP) is 1.23. The van der Waals surface area contributed by atoms with Gasteiger partial charge in [0.25, 0.3) is 5.89 Å². The molecule has 0 N–H and O–H groups in total. The third-order valence-corrected chi connectivity index (χ3v) is 1.65. The summed E-state index contributed by atoms with van der Waals surface area (Å²) in [6.45, 7) is 0. The molecule has 6 heteroatoms. The summed E-state index contributed by atoms with van der Waals surface area (Å²) in [6, 6.07) is 0. The van der Waals surface area contributed by atoms with Gasteiger partial charge in [-0.1, -0.05) is 0 Å². The fourth-order valence-electron chi connectivity index (χ4n) is 0.833. The maximum absolute atomic E-state index is 4.88. The van der Waals surface area contributed by atoms with Crippen molar-refractivity contribution >= 4 is 15.9 Å². The van der Waals surface area contributed by atoms with Gasteiger partial charge in [-0.2, -0.15) is 4.98 Å². The van der Waals surface area contributed by atoms with Crippen molar-refractivity contribution in [2.45, 2.75) is 0 Å². The van der Waals surface area contributed by atoms with Crippen LogP contribution < -0.4 is 0 Å². The van der Waals surface area contributed by atoms with Gasteiger partial charge >= 0.3 is 0 Å². The van der Waals surface area contributed by atoms with E-state index in [1.807, 2.05) is 11.6 Å². The Hall–Kier alpha value is -1.17. The zero-order valence-electron chi connectivity index (χ0n) is 6.23. The first-order valence-electron chi connectivity index (χ1n) is 3.23. The minimum absolute atomic E-state index is 0.419. The highest BCUT2D eigenvalue weighted by molar-refractivity contribution is 9.10. The SMILES string of the molecule is Cn1cnc(-c2nc(Br)no2)c1. The molecule has 2 aromatic rings. The Morgan fingerprint density at radius 3 is 2.92 bits per heavy atom. The summed E-state index contributed by atoms with van der Waals surface area (Å²) < 4.78 is 7.13. The number of imidazole rings is 1. The lowest BCUT2D eigenvalue weighted by Gasteiger charge is -1.82. The second kappa shape index (κ2) is 2.71. The lowest BCUT2D eigenvalue weighted by atomic mass is 10.5. The van der Waals surface area contributed by atoms with Crippen LogP contribution in [0.2, 0.25) is 0 Å². The first-order valence-corrected chi connectivity index (χ1v) is 4.02. The topological polar surface area (TPSA) is 56.7 Å². The molecule has 0 aliphatic carbocycles. The number of aryl methyl sites for hydroxylation is 1. The lowest BCUT2D eigenvalue weighted by Crippen LogP contribution is -1.78. The minimum Gasteiger partial charge on any atom is -0.340 e. The summed E-state index contributed by atoms with van der Waals surface area (Å²) >= 11 is 3.09. The van der Waals surface area contributed by atoms with E-state index in [1.54, 1.807) is 12.5 Å². The van der Waals surface area contributed by atoms with Crippen LogP contribution in [0.25, 0.3) is 11.6 Å². The van der Waals surface area contributed by atoms with Crippen molar-refractivity contribution < 1.29 is 4.52 Å². The van der Waals surface area contributed by atoms with Crippen molar-refractivity contribution in [1.82, 2.24) is 19.7 Å². The molecule has 0 aromatic carbocycles. The van der Waals surface area contributed by atoms with Gasteiger partial charge in [-0.25, -0.2) is 4.98 Å². The Bertz CT molecular complexity index is 355. The van der Waals surface area contributed by atoms with Crippen molar-refractivity contribution in [3.05, 3.63) is 17.3 Å². The van der Waals surface area contributed by atoms with Gasteiger partial charge in [0.15, 0.2) is 0 Å². The third-order valence-electron chi connectivity index (χ3n) is 1.33. The summed E-state index contributed by atoms with van der Waals surface area (Å²) in [4.78, 5) is 8.00. The molecule has 5 nitrogen and oxygen atoms in total. The second-order valence-electron chi connectivity index (χ2n) is 2.29. The quantitative estimate of drug-likeness (QED) is 0.737. The molecule has 0 bridgehead atoms. The first kappa shape index (κ1) is 7.48. The van der Waals surface area contributed by atoms with Crippen LogP contribution in [0.4, 0.5) is 0 Å². The van der Waals surface area contributed by atoms with Crippen LogP contribution in [0.15, 0.2) is 21.8 Å². The predicted molar refractivity (Wildman–Crippen MR) is 44.2 cm³/mol. The zero-order valence-corrected chi connectivity index (χ0v) is 7.82. The molecule has 12 heavy (non-hydrogen) atoms. The number of nitrogens with zero attached hydrogens (tertiary/aromatic N) is 4. The summed E-state index contributed by atoms with van der Waals surface area (Å²) in [6.07, 6.45) is 3.48. The average molecular weight is 229 g/mol. The molecule has 2 aromatic heterocycles. The first-order chi connectivity index (χ1) is 5.75. The van der Waals surface area contributed by atoms with Gasteiger partial charge in [-0.15, -0.1) is 0 Å². The standard InChI is InChI=1S/C6H5BrN4O/c1-11-2-4(8-3-11)5-9-6(7)10-12-5/h2-3H,1H3. The normalized spacial score (nSPS) is 10.5. The third kappa shape index (κ3) is 1.25. The monoisotopic (exact) mass is 228 g/mol. The van der Waals surface area contributed by atoms with Crippen LogP contribution >= 0.6 is 15.9 Å². The summed E-state index contributed by atoms with van der Waals surface area (Å²) in [7, 11) is 1.88. The number of aromatic nitrogens is 4. The van der Waals surface area contributed by atoms with Crippen molar-refractivity contribution in [2.24, 2.45) is 7.05 Å². The molecular weight excluding hydrogens is 224 g/mol. The molecule has 2 rings (SSSR count). The Morgan fingerprint density at radius 1 is 1.58 bits per heavy atom. The maximum Gasteiger partial charge on any atom is 0.278 e. The molecule has 62 valence electrons. The molecule has 0 atom stereocenters. The van der Waals surface area contributed by atoms with E-state index < -0.39 is 0 Å². The van der Waals surface area contributed by atoms with E-state index >= 15 is 0 Å². The number of hydrogen-bond acceptors (Lipinski definition) is 4. The van der Waals surface area contributed by atoms with Crippen molar-refractivity contribution in [2.75, 3.05) is 0 Å². The fraction of sp³-hybridized carbons (Fsp3) is 0.167. The van der Waals surface area contributed by atoms with E-state index in [2.05, 4.69) is 31.1 Å². The molecule has 0 saturated heterocycles. The van der Waals surface area contributed by atoms with Gasteiger partial charge in [-0.05, 0) is 21.1 Å². The number of rotatable bonds is 1. The largest absolute Gasteiger partial charge is 0.340 e. The molecule has 0 aliphatic rings. The van der Waals surface area contributed by atoms with Crippen molar-refractivity contribution in [3.63, 3.8) is 0 Å². The number of halogens is 1. The van der Waals surface area contributed by atoms with Crippen LogP contribution in [0.3, 0.4) is 0 Å². The second-order valence-corrected chi connectivity index (χ2v) is 3.00. The van der Waals surface area contributed by atoms with E-state index in [9.17, 15) is 0 Å². The van der Waals surface area contributed by atoms with Gasteiger partial charge in [0.05, 0.1) is 6.33 Å². The zero-order chi connectivity index (χ0) is 8.55. The van der Waals surface area contributed by atoms with Crippen LogP contribution in [0.5, 0.6) is 0 Å². The molecular formula is C6H5BrN4O. The van der Waals surface area contributed by atoms with Crippen LogP contribution in [-0.2, 0) is 7.05 Å². The van der Waals surface area contributed by atoms with Gasteiger partial charge in [0.1, 0.15) is 5.69 Å². The fourth-order valence-corrected chi connectivity index (χ4v) is 1.07. The molecule has 0 spiro atoms. The van der Waals surface area contributed by atoms with E-state index in [4.69, 9.17) is 4.52 Å². The highest BCUT2D eigenvalue weighted by Crippen LogP contribution is 2.15. The molecule has 0 aliphatic heterocycles. The molecule has 0 radical (unpaired) electrons. The molecule has 0 unspecified atom stereocenters. The highest BCUT2D eigenvalue weighted by Gasteiger charge is 2.08. The summed E-state index contributed by atoms with van der Waals surface area (Å²) in [5, 5.41) is 3.58. The minimum atomic E-state index is 0.419.